The molecule has 1 saturated heterocycles. The summed E-state index contributed by atoms with van der Waals surface area (Å²) in [5.41, 5.74) is -0.105. The van der Waals surface area contributed by atoms with Crippen LogP contribution >= 0.6 is 0 Å². The highest BCUT2D eigenvalue weighted by molar-refractivity contribution is 7.89. The van der Waals surface area contributed by atoms with E-state index in [1.54, 1.807) is 6.92 Å². The lowest BCUT2D eigenvalue weighted by Crippen LogP contribution is -2.37. The van der Waals surface area contributed by atoms with E-state index in [4.69, 9.17) is 4.52 Å². The van der Waals surface area contributed by atoms with Gasteiger partial charge in [0, 0.05) is 44.4 Å². The Kier molecular flexibility index (Phi) is 5.24. The number of hydrogen-bond acceptors (Lipinski definition) is 7. The van der Waals surface area contributed by atoms with Gasteiger partial charge in [-0.25, -0.2) is 8.42 Å². The Balaban J connectivity index is 1.76. The van der Waals surface area contributed by atoms with Crippen molar-refractivity contribution in [3.05, 3.63) is 51.9 Å². The first-order valence-electron chi connectivity index (χ1n) is 8.26. The SMILES string of the molecule is Cc1cc(C(=O)N2CCCN(S(=O)(=O)c3cccc([N+](=O)[O-])c3)CC2)no1. The average molecular weight is 394 g/mol. The number of nitro benzene ring substituents is 1. The van der Waals surface area contributed by atoms with Gasteiger partial charge in [0.25, 0.3) is 11.6 Å². The fourth-order valence-electron chi connectivity index (χ4n) is 2.87. The number of amides is 1. The molecule has 1 aliphatic rings. The fraction of sp³-hybridized carbons (Fsp3) is 0.375. The molecule has 1 amide bonds. The molecular weight excluding hydrogens is 376 g/mol. The summed E-state index contributed by atoms with van der Waals surface area (Å²) in [7, 11) is -3.89. The Bertz CT molecular complexity index is 971. The van der Waals surface area contributed by atoms with E-state index in [0.717, 1.165) is 6.07 Å². The molecule has 3 rings (SSSR count). The molecule has 1 fully saturated rings. The molecule has 0 spiro atoms. The molecule has 144 valence electrons. The van der Waals surface area contributed by atoms with Crippen molar-refractivity contribution < 1.29 is 22.7 Å². The van der Waals surface area contributed by atoms with Gasteiger partial charge < -0.3 is 9.42 Å². The van der Waals surface area contributed by atoms with Crippen molar-refractivity contribution in [3.63, 3.8) is 0 Å². The Morgan fingerprint density at radius 2 is 2.00 bits per heavy atom. The first-order chi connectivity index (χ1) is 12.8. The summed E-state index contributed by atoms with van der Waals surface area (Å²) in [5.74, 6) is 0.199. The molecule has 27 heavy (non-hydrogen) atoms. The number of carbonyl (C=O) groups is 1. The predicted octanol–water partition coefficient (Wildman–Crippen LogP) is 1.43. The molecule has 1 aromatic heterocycles. The van der Waals surface area contributed by atoms with Crippen LogP contribution in [0.2, 0.25) is 0 Å². The number of sulfonamides is 1. The summed E-state index contributed by atoms with van der Waals surface area (Å²) in [4.78, 5) is 24.1. The van der Waals surface area contributed by atoms with Gasteiger partial charge in [-0.1, -0.05) is 11.2 Å². The van der Waals surface area contributed by atoms with Crippen LogP contribution in [0, 0.1) is 17.0 Å². The molecule has 10 nitrogen and oxygen atoms in total. The Labute approximate surface area is 155 Å². The highest BCUT2D eigenvalue weighted by Crippen LogP contribution is 2.22. The van der Waals surface area contributed by atoms with Crippen LogP contribution in [0.25, 0.3) is 0 Å². The van der Waals surface area contributed by atoms with Crippen molar-refractivity contribution in [1.29, 1.82) is 0 Å². The van der Waals surface area contributed by atoms with E-state index < -0.39 is 14.9 Å². The van der Waals surface area contributed by atoms with Gasteiger partial charge in [-0.15, -0.1) is 0 Å². The molecule has 1 aliphatic heterocycles. The maximum atomic E-state index is 12.8. The zero-order valence-corrected chi connectivity index (χ0v) is 15.4. The van der Waals surface area contributed by atoms with Crippen molar-refractivity contribution in [2.45, 2.75) is 18.2 Å². The summed E-state index contributed by atoms with van der Waals surface area (Å²) >= 11 is 0. The second kappa shape index (κ2) is 7.45. The molecule has 2 aromatic rings. The zero-order valence-electron chi connectivity index (χ0n) is 14.6. The van der Waals surface area contributed by atoms with Gasteiger partial charge in [0.2, 0.25) is 10.0 Å². The number of rotatable bonds is 4. The number of aromatic nitrogens is 1. The monoisotopic (exact) mass is 394 g/mol. The average Bonchev–Trinajstić information content (AvgIpc) is 2.92. The molecule has 0 N–H and O–H groups in total. The van der Waals surface area contributed by atoms with Gasteiger partial charge in [-0.2, -0.15) is 4.31 Å². The third-order valence-corrected chi connectivity index (χ3v) is 6.15. The van der Waals surface area contributed by atoms with Crippen molar-refractivity contribution >= 4 is 21.6 Å². The number of aryl methyl sites for hydroxylation is 1. The van der Waals surface area contributed by atoms with Gasteiger partial charge in [0.15, 0.2) is 5.69 Å². The number of non-ortho nitro benzene ring substituents is 1. The van der Waals surface area contributed by atoms with Gasteiger partial charge in [0.05, 0.1) is 9.82 Å². The lowest BCUT2D eigenvalue weighted by Gasteiger charge is -2.21. The minimum Gasteiger partial charge on any atom is -0.361 e. The Hall–Kier alpha value is -2.79. The van der Waals surface area contributed by atoms with Gasteiger partial charge in [-0.3, -0.25) is 14.9 Å². The molecule has 0 atom stereocenters. The van der Waals surface area contributed by atoms with Gasteiger partial charge >= 0.3 is 0 Å². The molecule has 11 heteroatoms. The number of hydrogen-bond donors (Lipinski definition) is 0. The summed E-state index contributed by atoms with van der Waals surface area (Å²) in [6.07, 6.45) is 0.441. The zero-order chi connectivity index (χ0) is 19.6. The maximum absolute atomic E-state index is 12.8. The Morgan fingerprint density at radius 3 is 2.67 bits per heavy atom. The molecule has 0 unspecified atom stereocenters. The van der Waals surface area contributed by atoms with E-state index >= 15 is 0 Å². The summed E-state index contributed by atoms with van der Waals surface area (Å²) in [5, 5.41) is 14.6. The van der Waals surface area contributed by atoms with Crippen LogP contribution in [0.15, 0.2) is 39.8 Å². The van der Waals surface area contributed by atoms with E-state index in [9.17, 15) is 23.3 Å². The summed E-state index contributed by atoms with van der Waals surface area (Å²) in [6, 6.07) is 6.48. The van der Waals surface area contributed by atoms with Crippen LogP contribution in [-0.4, -0.2) is 59.8 Å². The highest BCUT2D eigenvalue weighted by Gasteiger charge is 2.30. The van der Waals surface area contributed by atoms with Crippen LogP contribution in [0.1, 0.15) is 22.7 Å². The van der Waals surface area contributed by atoms with Crippen molar-refractivity contribution in [1.82, 2.24) is 14.4 Å². The smallest absolute Gasteiger partial charge is 0.276 e. The van der Waals surface area contributed by atoms with Crippen LogP contribution < -0.4 is 0 Å². The van der Waals surface area contributed by atoms with E-state index in [1.807, 2.05) is 0 Å². The van der Waals surface area contributed by atoms with Crippen LogP contribution in [-0.2, 0) is 10.0 Å². The molecule has 0 saturated carbocycles. The minimum absolute atomic E-state index is 0.0909. The van der Waals surface area contributed by atoms with Crippen LogP contribution in [0.5, 0.6) is 0 Å². The van der Waals surface area contributed by atoms with E-state index in [2.05, 4.69) is 5.16 Å². The second-order valence-electron chi connectivity index (χ2n) is 6.13. The molecule has 0 radical (unpaired) electrons. The largest absolute Gasteiger partial charge is 0.361 e. The van der Waals surface area contributed by atoms with Crippen LogP contribution in [0.4, 0.5) is 5.69 Å². The van der Waals surface area contributed by atoms with E-state index in [0.29, 0.717) is 18.7 Å². The predicted molar refractivity (Wildman–Crippen MR) is 93.6 cm³/mol. The maximum Gasteiger partial charge on any atom is 0.276 e. The topological polar surface area (TPSA) is 127 Å². The lowest BCUT2D eigenvalue weighted by molar-refractivity contribution is -0.385. The third-order valence-electron chi connectivity index (χ3n) is 4.26. The van der Waals surface area contributed by atoms with Crippen molar-refractivity contribution in [2.24, 2.45) is 0 Å². The molecular formula is C16H18N4O6S. The number of benzene rings is 1. The number of nitrogens with zero attached hydrogens (tertiary/aromatic N) is 4. The molecule has 1 aromatic carbocycles. The first-order valence-corrected chi connectivity index (χ1v) is 9.70. The Morgan fingerprint density at radius 1 is 1.22 bits per heavy atom. The van der Waals surface area contributed by atoms with E-state index in [1.165, 1.54) is 33.5 Å². The van der Waals surface area contributed by atoms with Gasteiger partial charge in [-0.05, 0) is 19.4 Å². The quantitative estimate of drug-likeness (QED) is 0.567. The van der Waals surface area contributed by atoms with Crippen molar-refractivity contribution in [3.8, 4) is 0 Å². The normalized spacial score (nSPS) is 16.1. The van der Waals surface area contributed by atoms with Crippen LogP contribution in [0.3, 0.4) is 0 Å². The minimum atomic E-state index is -3.89. The lowest BCUT2D eigenvalue weighted by atomic mass is 10.3. The fourth-order valence-corrected chi connectivity index (χ4v) is 4.38. The second-order valence-corrected chi connectivity index (χ2v) is 8.07. The first kappa shape index (κ1) is 19.0. The number of nitro groups is 1. The molecule has 2 heterocycles. The molecule has 0 bridgehead atoms. The van der Waals surface area contributed by atoms with Gasteiger partial charge in [0.1, 0.15) is 5.76 Å². The van der Waals surface area contributed by atoms with Crippen molar-refractivity contribution in [2.75, 3.05) is 26.2 Å². The third kappa shape index (κ3) is 3.98. The summed E-state index contributed by atoms with van der Waals surface area (Å²) in [6.45, 7) is 2.56. The number of carbonyl (C=O) groups excluding carboxylic acids is 1. The summed E-state index contributed by atoms with van der Waals surface area (Å²) < 4.78 is 31.8. The standard InChI is InChI=1S/C16H18N4O6S/c1-12-10-15(17-26-12)16(21)18-6-3-7-19(9-8-18)27(24,25)14-5-2-4-13(11-14)20(22)23/h2,4-5,10-11H,3,6-9H2,1H3. The molecule has 0 aliphatic carbocycles. The van der Waals surface area contributed by atoms with E-state index in [-0.39, 0.29) is 41.8 Å². The highest BCUT2D eigenvalue weighted by atomic mass is 32.2.